The number of nitrogens with zero attached hydrogens (tertiary/aromatic N) is 3. The smallest absolute Gasteiger partial charge is 0.362 e. The second-order valence-corrected chi connectivity index (χ2v) is 11.2. The van der Waals surface area contributed by atoms with Crippen molar-refractivity contribution in [2.75, 3.05) is 12.8 Å². The van der Waals surface area contributed by atoms with Crippen molar-refractivity contribution >= 4 is 56.2 Å². The first-order chi connectivity index (χ1) is 16.4. The van der Waals surface area contributed by atoms with Crippen LogP contribution in [0.25, 0.3) is 0 Å². The third kappa shape index (κ3) is 6.88. The van der Waals surface area contributed by atoms with Crippen LogP contribution in [0.1, 0.15) is 46.7 Å². The van der Waals surface area contributed by atoms with E-state index >= 15 is 0 Å². The van der Waals surface area contributed by atoms with E-state index in [-0.39, 0.29) is 15.1 Å². The average molecular weight is 550 g/mol. The zero-order valence-electron chi connectivity index (χ0n) is 20.3. The molecule has 15 nitrogen and oxygen atoms in total. The van der Waals surface area contributed by atoms with Crippen LogP contribution >= 0.6 is 11.3 Å². The van der Waals surface area contributed by atoms with Crippen molar-refractivity contribution in [1.82, 2.24) is 14.6 Å². The van der Waals surface area contributed by atoms with Crippen molar-refractivity contribution < 1.29 is 46.5 Å². The van der Waals surface area contributed by atoms with Crippen LogP contribution in [0, 0.1) is 0 Å². The first kappa shape index (κ1) is 28.9. The molecule has 0 spiro atoms. The van der Waals surface area contributed by atoms with E-state index in [0.29, 0.717) is 0 Å². The maximum absolute atomic E-state index is 13.1. The zero-order chi connectivity index (χ0) is 27.6. The molecule has 1 aliphatic rings. The number of nitrogen functional groups attached to an aromatic ring is 1. The monoisotopic (exact) mass is 549 g/mol. The number of oxime groups is 1. The molecule has 17 heteroatoms. The number of esters is 2. The Bertz CT molecular complexity index is 1190. The van der Waals surface area contributed by atoms with Crippen molar-refractivity contribution in [3.8, 4) is 0 Å². The number of amides is 2. The molecule has 1 aliphatic heterocycles. The number of hydrogen-bond acceptors (Lipinski definition) is 13. The molecule has 2 amide bonds. The minimum atomic E-state index is -5.02. The number of rotatable bonds is 9. The van der Waals surface area contributed by atoms with Crippen LogP contribution < -0.4 is 11.1 Å². The van der Waals surface area contributed by atoms with E-state index in [2.05, 4.69) is 20.2 Å². The quantitative estimate of drug-likeness (QED) is 0.118. The SMILES string of the molecule is COC(=O)CC1C(NC(=O)/C(=N/OC(C)(C)C(=O)OC(C)(C)C)c2csc(N)n2)C(=O)N1S(=O)(=O)O. The van der Waals surface area contributed by atoms with E-state index in [1.54, 1.807) is 20.8 Å². The number of ether oxygens (including phenoxy) is 2. The number of hydrogen-bond donors (Lipinski definition) is 3. The summed E-state index contributed by atoms with van der Waals surface area (Å²) < 4.78 is 42.2. The van der Waals surface area contributed by atoms with Gasteiger partial charge in [0.05, 0.1) is 19.6 Å². The van der Waals surface area contributed by atoms with Gasteiger partial charge in [-0.15, -0.1) is 11.3 Å². The highest BCUT2D eigenvalue weighted by Gasteiger charge is 2.55. The number of nitrogens with one attached hydrogen (secondary N) is 1. The fourth-order valence-electron chi connectivity index (χ4n) is 2.82. The van der Waals surface area contributed by atoms with Gasteiger partial charge in [-0.2, -0.15) is 8.42 Å². The Morgan fingerprint density at radius 1 is 1.28 bits per heavy atom. The minimum absolute atomic E-state index is 0.0502. The Labute approximate surface area is 210 Å². The van der Waals surface area contributed by atoms with Crippen LogP contribution in [0.3, 0.4) is 0 Å². The molecule has 1 aromatic heterocycles. The standard InChI is InChI=1S/C19H27N5O10S2/c1-18(2,3)33-16(28)19(4,5)34-23-12(9-8-35-17(20)21-9)14(26)22-13-10(7-11(25)32-6)24(15(13)27)36(29,30)31/h8,10,13H,7H2,1-6H3,(H2,20,21)(H,22,26)(H,29,30,31)/b23-12+. The molecule has 0 aliphatic carbocycles. The highest BCUT2D eigenvalue weighted by atomic mass is 32.2. The molecule has 36 heavy (non-hydrogen) atoms. The van der Waals surface area contributed by atoms with Crippen LogP contribution in [0.15, 0.2) is 10.5 Å². The molecule has 2 unspecified atom stereocenters. The topological polar surface area (TPSA) is 217 Å². The fourth-order valence-corrected chi connectivity index (χ4v) is 4.25. The lowest BCUT2D eigenvalue weighted by molar-refractivity contribution is -0.179. The Morgan fingerprint density at radius 3 is 2.36 bits per heavy atom. The van der Waals surface area contributed by atoms with E-state index in [4.69, 9.17) is 15.3 Å². The minimum Gasteiger partial charge on any atom is -0.469 e. The van der Waals surface area contributed by atoms with Crippen molar-refractivity contribution in [3.05, 3.63) is 11.1 Å². The number of nitrogens with two attached hydrogens (primary N) is 1. The second-order valence-electron chi connectivity index (χ2n) is 9.02. The lowest BCUT2D eigenvalue weighted by Crippen LogP contribution is -2.72. The van der Waals surface area contributed by atoms with Gasteiger partial charge in [0.15, 0.2) is 10.8 Å². The van der Waals surface area contributed by atoms with Gasteiger partial charge in [0.25, 0.3) is 11.8 Å². The number of methoxy groups -OCH3 is 1. The van der Waals surface area contributed by atoms with Crippen LogP contribution in [-0.4, -0.2) is 82.1 Å². The van der Waals surface area contributed by atoms with Gasteiger partial charge >= 0.3 is 22.2 Å². The van der Waals surface area contributed by atoms with E-state index in [0.717, 1.165) is 18.4 Å². The largest absolute Gasteiger partial charge is 0.469 e. The first-order valence-electron chi connectivity index (χ1n) is 10.3. The molecule has 2 heterocycles. The molecule has 200 valence electrons. The van der Waals surface area contributed by atoms with Crippen molar-refractivity contribution in [3.63, 3.8) is 0 Å². The van der Waals surface area contributed by atoms with Crippen LogP contribution in [-0.2, 0) is 43.8 Å². The van der Waals surface area contributed by atoms with Gasteiger partial charge < -0.3 is 25.4 Å². The number of β-lactam (4-membered cyclic amide) rings is 1. The summed E-state index contributed by atoms with van der Waals surface area (Å²) in [5.41, 5.74) is 2.58. The van der Waals surface area contributed by atoms with E-state index < -0.39 is 69.5 Å². The van der Waals surface area contributed by atoms with Gasteiger partial charge in [-0.05, 0) is 34.6 Å². The van der Waals surface area contributed by atoms with Gasteiger partial charge in [-0.1, -0.05) is 5.16 Å². The molecule has 0 aromatic carbocycles. The maximum atomic E-state index is 13.1. The summed E-state index contributed by atoms with van der Waals surface area (Å²) in [5.74, 6) is -3.95. The summed E-state index contributed by atoms with van der Waals surface area (Å²) in [6, 6.07) is -3.01. The number of thiazole rings is 1. The molecule has 1 fully saturated rings. The predicted octanol–water partition coefficient (Wildman–Crippen LogP) is -0.372. The lowest BCUT2D eigenvalue weighted by atomic mass is 9.95. The summed E-state index contributed by atoms with van der Waals surface area (Å²) in [5, 5.41) is 7.41. The third-order valence-corrected chi connectivity index (χ3v) is 6.16. The number of carbonyl (C=O) groups is 4. The van der Waals surface area contributed by atoms with E-state index in [1.165, 1.54) is 19.2 Å². The molecular weight excluding hydrogens is 522 g/mol. The second kappa shape index (κ2) is 10.4. The molecule has 2 atom stereocenters. The summed E-state index contributed by atoms with van der Waals surface area (Å²) in [7, 11) is -3.98. The van der Waals surface area contributed by atoms with Gasteiger partial charge in [0.1, 0.15) is 17.3 Å². The average Bonchev–Trinajstić information content (AvgIpc) is 3.15. The highest BCUT2D eigenvalue weighted by Crippen LogP contribution is 2.27. The normalized spacial score (nSPS) is 18.8. The third-order valence-electron chi connectivity index (χ3n) is 4.54. The molecule has 0 saturated carbocycles. The fraction of sp³-hybridized carbons (Fsp3) is 0.579. The Hall–Kier alpha value is -3.31. The molecular formula is C19H27N5O10S2. The number of carbonyl (C=O) groups excluding carboxylic acids is 4. The molecule has 1 saturated heterocycles. The van der Waals surface area contributed by atoms with Crippen LogP contribution in [0.2, 0.25) is 0 Å². The Balaban J connectivity index is 2.34. The van der Waals surface area contributed by atoms with Gasteiger partial charge in [0.2, 0.25) is 5.60 Å². The molecule has 1 aromatic rings. The van der Waals surface area contributed by atoms with Crippen molar-refractivity contribution in [1.29, 1.82) is 0 Å². The molecule has 2 rings (SSSR count). The summed E-state index contributed by atoms with van der Waals surface area (Å²) in [4.78, 5) is 58.8. The zero-order valence-corrected chi connectivity index (χ0v) is 21.9. The van der Waals surface area contributed by atoms with E-state index in [1.807, 2.05) is 0 Å². The van der Waals surface area contributed by atoms with Crippen LogP contribution in [0.4, 0.5) is 5.13 Å². The molecule has 4 N–H and O–H groups in total. The lowest BCUT2D eigenvalue weighted by Gasteiger charge is -2.43. The van der Waals surface area contributed by atoms with Crippen molar-refractivity contribution in [2.45, 2.75) is 64.3 Å². The number of anilines is 1. The van der Waals surface area contributed by atoms with Gasteiger partial charge in [0, 0.05) is 5.38 Å². The molecule has 0 radical (unpaired) electrons. The van der Waals surface area contributed by atoms with Crippen molar-refractivity contribution in [2.24, 2.45) is 5.16 Å². The predicted molar refractivity (Wildman–Crippen MR) is 125 cm³/mol. The Kier molecular flexibility index (Phi) is 8.32. The highest BCUT2D eigenvalue weighted by molar-refractivity contribution is 7.84. The summed E-state index contributed by atoms with van der Waals surface area (Å²) >= 11 is 0.962. The Morgan fingerprint density at radius 2 is 1.89 bits per heavy atom. The number of aromatic nitrogens is 1. The molecule has 0 bridgehead atoms. The maximum Gasteiger partial charge on any atom is 0.362 e. The summed E-state index contributed by atoms with van der Waals surface area (Å²) in [6.45, 7) is 7.65. The van der Waals surface area contributed by atoms with E-state index in [9.17, 15) is 32.1 Å². The van der Waals surface area contributed by atoms with Gasteiger partial charge in [-0.3, -0.25) is 18.9 Å². The first-order valence-corrected chi connectivity index (χ1v) is 12.5. The van der Waals surface area contributed by atoms with Gasteiger partial charge in [-0.25, -0.2) is 14.1 Å². The van der Waals surface area contributed by atoms with Crippen LogP contribution in [0.5, 0.6) is 0 Å². The summed E-state index contributed by atoms with van der Waals surface area (Å²) in [6.07, 6.45) is -0.648.